The van der Waals surface area contributed by atoms with E-state index >= 15 is 0 Å². The molecule has 0 bridgehead atoms. The lowest BCUT2D eigenvalue weighted by Gasteiger charge is -2.13. The van der Waals surface area contributed by atoms with Gasteiger partial charge in [-0.25, -0.2) is 0 Å². The Balaban J connectivity index is 2.54. The summed E-state index contributed by atoms with van der Waals surface area (Å²) in [6.07, 6.45) is 1.12. The fraction of sp³-hybridized carbons (Fsp3) is 0.231. The maximum Gasteiger partial charge on any atom is 0.417 e. The second kappa shape index (κ2) is 3.81. The van der Waals surface area contributed by atoms with Crippen molar-refractivity contribution in [2.75, 3.05) is 0 Å². The molecule has 1 radical (unpaired) electrons. The number of rotatable bonds is 1. The minimum atomic E-state index is -4.31. The second-order valence-corrected chi connectivity index (χ2v) is 3.69. The van der Waals surface area contributed by atoms with Crippen LogP contribution in [0.25, 0.3) is 5.57 Å². The Hall–Kier alpha value is -1.51. The maximum absolute atomic E-state index is 12.8. The van der Waals surface area contributed by atoms with Gasteiger partial charge in [0.2, 0.25) is 0 Å². The number of halogens is 3. The highest BCUT2D eigenvalue weighted by Gasteiger charge is 2.34. The van der Waals surface area contributed by atoms with E-state index < -0.39 is 11.7 Å². The van der Waals surface area contributed by atoms with E-state index in [4.69, 9.17) is 0 Å². The predicted molar refractivity (Wildman–Crippen MR) is 56.5 cm³/mol. The molecular formula is C13H10F3. The summed E-state index contributed by atoms with van der Waals surface area (Å²) in [4.78, 5) is 0. The standard InChI is InChI=1S/C13H10F3/c1-9-5-4-7-10(9)11-6-2-3-8-12(11)13(14,15)16/h2-3,5-6,8H,4H2,1H3. The van der Waals surface area contributed by atoms with Gasteiger partial charge in [-0.3, -0.25) is 0 Å². The van der Waals surface area contributed by atoms with Crippen molar-refractivity contribution in [3.63, 3.8) is 0 Å². The molecule has 16 heavy (non-hydrogen) atoms. The van der Waals surface area contributed by atoms with Crippen molar-refractivity contribution in [3.05, 3.63) is 53.1 Å². The summed E-state index contributed by atoms with van der Waals surface area (Å²) in [7, 11) is 0. The highest BCUT2D eigenvalue weighted by atomic mass is 19.4. The van der Waals surface area contributed by atoms with Gasteiger partial charge in [0.15, 0.2) is 0 Å². The first-order valence-electron chi connectivity index (χ1n) is 4.94. The Morgan fingerprint density at radius 1 is 1.19 bits per heavy atom. The molecule has 0 saturated heterocycles. The van der Waals surface area contributed by atoms with Gasteiger partial charge in [0.05, 0.1) is 5.56 Å². The van der Waals surface area contributed by atoms with E-state index in [2.05, 4.69) is 6.08 Å². The van der Waals surface area contributed by atoms with Crippen LogP contribution in [0.15, 0.2) is 35.9 Å². The number of benzene rings is 1. The first kappa shape index (κ1) is 11.0. The molecule has 0 N–H and O–H groups in total. The molecule has 1 aromatic rings. The lowest BCUT2D eigenvalue weighted by Crippen LogP contribution is -2.08. The van der Waals surface area contributed by atoms with E-state index in [1.165, 1.54) is 12.1 Å². The summed E-state index contributed by atoms with van der Waals surface area (Å²) in [5, 5.41) is 0. The van der Waals surface area contributed by atoms with Gasteiger partial charge in [0.1, 0.15) is 0 Å². The fourth-order valence-corrected chi connectivity index (χ4v) is 1.80. The predicted octanol–water partition coefficient (Wildman–Crippen LogP) is 4.24. The highest BCUT2D eigenvalue weighted by molar-refractivity contribution is 5.80. The molecule has 0 amide bonds. The molecule has 2 rings (SSSR count). The third-order valence-corrected chi connectivity index (χ3v) is 2.58. The molecule has 1 aliphatic carbocycles. The van der Waals surface area contributed by atoms with Gasteiger partial charge in [-0.1, -0.05) is 24.3 Å². The minimum absolute atomic E-state index is 0.223. The van der Waals surface area contributed by atoms with E-state index in [1.807, 2.05) is 13.0 Å². The number of hydrogen-bond donors (Lipinski definition) is 0. The summed E-state index contributed by atoms with van der Waals surface area (Å²) in [5.74, 6) is 0. The third kappa shape index (κ3) is 1.90. The van der Waals surface area contributed by atoms with E-state index in [1.54, 1.807) is 6.07 Å². The van der Waals surface area contributed by atoms with Crippen molar-refractivity contribution in [2.24, 2.45) is 0 Å². The van der Waals surface area contributed by atoms with Crippen LogP contribution in [0.3, 0.4) is 0 Å². The van der Waals surface area contributed by atoms with Gasteiger partial charge < -0.3 is 0 Å². The summed E-state index contributed by atoms with van der Waals surface area (Å²) in [6, 6.07) is 5.62. The molecular weight excluding hydrogens is 213 g/mol. The Morgan fingerprint density at radius 2 is 1.88 bits per heavy atom. The molecule has 0 aliphatic heterocycles. The van der Waals surface area contributed by atoms with Gasteiger partial charge in [0, 0.05) is 0 Å². The van der Waals surface area contributed by atoms with Crippen molar-refractivity contribution in [1.29, 1.82) is 0 Å². The van der Waals surface area contributed by atoms with Gasteiger partial charge in [-0.05, 0) is 42.2 Å². The Morgan fingerprint density at radius 3 is 2.44 bits per heavy atom. The van der Waals surface area contributed by atoms with Crippen LogP contribution >= 0.6 is 0 Å². The van der Waals surface area contributed by atoms with Gasteiger partial charge in [-0.15, -0.1) is 0 Å². The lowest BCUT2D eigenvalue weighted by atomic mass is 9.96. The van der Waals surface area contributed by atoms with Crippen LogP contribution in [0, 0.1) is 6.08 Å². The highest BCUT2D eigenvalue weighted by Crippen LogP contribution is 2.38. The van der Waals surface area contributed by atoms with Crippen molar-refractivity contribution >= 4 is 5.57 Å². The van der Waals surface area contributed by atoms with Crippen molar-refractivity contribution < 1.29 is 13.2 Å². The minimum Gasteiger partial charge on any atom is -0.166 e. The van der Waals surface area contributed by atoms with Crippen LogP contribution < -0.4 is 0 Å². The van der Waals surface area contributed by atoms with Gasteiger partial charge in [0.25, 0.3) is 0 Å². The van der Waals surface area contributed by atoms with Crippen LogP contribution in [-0.2, 0) is 6.18 Å². The van der Waals surface area contributed by atoms with E-state index in [9.17, 15) is 13.2 Å². The Labute approximate surface area is 92.1 Å². The summed E-state index contributed by atoms with van der Waals surface area (Å²) < 4.78 is 38.3. The topological polar surface area (TPSA) is 0 Å². The molecule has 0 heterocycles. The summed E-state index contributed by atoms with van der Waals surface area (Å²) >= 11 is 0. The van der Waals surface area contributed by atoms with Crippen molar-refractivity contribution in [2.45, 2.75) is 19.5 Å². The van der Waals surface area contributed by atoms with Crippen LogP contribution in [0.2, 0.25) is 0 Å². The van der Waals surface area contributed by atoms with Crippen LogP contribution in [0.5, 0.6) is 0 Å². The quantitative estimate of drug-likeness (QED) is 0.667. The maximum atomic E-state index is 12.8. The molecule has 1 aliphatic rings. The number of allylic oxidation sites excluding steroid dienone is 4. The first-order chi connectivity index (χ1) is 7.50. The fourth-order valence-electron chi connectivity index (χ4n) is 1.80. The average molecular weight is 223 g/mol. The molecule has 0 saturated carbocycles. The lowest BCUT2D eigenvalue weighted by molar-refractivity contribution is -0.137. The summed E-state index contributed by atoms with van der Waals surface area (Å²) in [6.45, 7) is 1.81. The Bertz CT molecular complexity index is 464. The number of hydrogen-bond acceptors (Lipinski definition) is 0. The van der Waals surface area contributed by atoms with Gasteiger partial charge >= 0.3 is 6.18 Å². The van der Waals surface area contributed by atoms with Crippen molar-refractivity contribution in [1.82, 2.24) is 0 Å². The molecule has 0 atom stereocenters. The van der Waals surface area contributed by atoms with Crippen LogP contribution in [0.1, 0.15) is 24.5 Å². The van der Waals surface area contributed by atoms with E-state index in [0.717, 1.165) is 11.6 Å². The second-order valence-electron chi connectivity index (χ2n) is 3.69. The molecule has 0 unspecified atom stereocenters. The Kier molecular flexibility index (Phi) is 2.62. The monoisotopic (exact) mass is 223 g/mol. The smallest absolute Gasteiger partial charge is 0.166 e. The zero-order valence-corrected chi connectivity index (χ0v) is 8.73. The molecule has 0 nitrogen and oxygen atoms in total. The van der Waals surface area contributed by atoms with Crippen molar-refractivity contribution in [3.8, 4) is 0 Å². The molecule has 83 valence electrons. The zero-order chi connectivity index (χ0) is 11.8. The van der Waals surface area contributed by atoms with E-state index in [0.29, 0.717) is 12.0 Å². The molecule has 3 heteroatoms. The average Bonchev–Trinajstić information content (AvgIpc) is 2.63. The zero-order valence-electron chi connectivity index (χ0n) is 8.73. The molecule has 1 aromatic carbocycles. The SMILES string of the molecule is CC1=CC[C]=C1c1ccccc1C(F)(F)F. The normalized spacial score (nSPS) is 16.0. The molecule has 0 spiro atoms. The summed E-state index contributed by atoms with van der Waals surface area (Å²) in [5.41, 5.74) is 1.07. The third-order valence-electron chi connectivity index (χ3n) is 2.58. The van der Waals surface area contributed by atoms with Crippen LogP contribution in [-0.4, -0.2) is 0 Å². The molecule has 0 fully saturated rings. The van der Waals surface area contributed by atoms with Crippen LogP contribution in [0.4, 0.5) is 13.2 Å². The number of alkyl halides is 3. The molecule has 0 aromatic heterocycles. The first-order valence-corrected chi connectivity index (χ1v) is 4.94. The van der Waals surface area contributed by atoms with E-state index in [-0.39, 0.29) is 5.56 Å². The largest absolute Gasteiger partial charge is 0.417 e. The van der Waals surface area contributed by atoms with Gasteiger partial charge in [-0.2, -0.15) is 13.2 Å².